The van der Waals surface area contributed by atoms with Gasteiger partial charge in [-0.1, -0.05) is 17.7 Å². The lowest BCUT2D eigenvalue weighted by Crippen LogP contribution is -1.96. The first kappa shape index (κ1) is 10.5. The number of nitrogens with one attached hydrogen (secondary N) is 1. The average Bonchev–Trinajstić information content (AvgIpc) is 2.73. The van der Waals surface area contributed by atoms with Crippen LogP contribution in [-0.2, 0) is 0 Å². The number of halogens is 1. The normalized spacial score (nSPS) is 15.5. The van der Waals surface area contributed by atoms with E-state index in [0.717, 1.165) is 29.1 Å². The molecule has 0 radical (unpaired) electrons. The molecule has 0 aromatic heterocycles. The second-order valence-corrected chi connectivity index (χ2v) is 4.37. The van der Waals surface area contributed by atoms with Crippen LogP contribution in [0.4, 0.5) is 5.69 Å². The molecule has 0 bridgehead atoms. The van der Waals surface area contributed by atoms with Gasteiger partial charge in [-0.2, -0.15) is 5.10 Å². The predicted octanol–water partition coefficient (Wildman–Crippen LogP) is 3.99. The Morgan fingerprint density at radius 1 is 1.27 bits per heavy atom. The maximum atomic E-state index is 6.02. The highest BCUT2D eigenvalue weighted by molar-refractivity contribution is 6.31. The summed E-state index contributed by atoms with van der Waals surface area (Å²) in [4.78, 5) is 0. The van der Waals surface area contributed by atoms with Gasteiger partial charge in [-0.15, -0.1) is 0 Å². The van der Waals surface area contributed by atoms with Crippen molar-refractivity contribution in [1.82, 2.24) is 0 Å². The minimum atomic E-state index is 0.784. The van der Waals surface area contributed by atoms with Crippen molar-refractivity contribution in [1.29, 1.82) is 0 Å². The van der Waals surface area contributed by atoms with Crippen LogP contribution in [0.3, 0.4) is 0 Å². The van der Waals surface area contributed by atoms with Gasteiger partial charge in [0.15, 0.2) is 0 Å². The monoisotopic (exact) mass is 222 g/mol. The number of hydrogen-bond donors (Lipinski definition) is 1. The Labute approximate surface area is 95.3 Å². The van der Waals surface area contributed by atoms with Crippen molar-refractivity contribution in [3.8, 4) is 0 Å². The summed E-state index contributed by atoms with van der Waals surface area (Å²) in [5.41, 5.74) is 6.38. The summed E-state index contributed by atoms with van der Waals surface area (Å²) in [6, 6.07) is 5.91. The standard InChI is InChI=1S/C12H15ClN2/c1-9-6-7-11(8-12(9)13)15-14-10-4-2-3-5-10/h6-8,15H,2-5H2,1H3. The molecular weight excluding hydrogens is 208 g/mol. The van der Waals surface area contributed by atoms with Gasteiger partial charge < -0.3 is 0 Å². The largest absolute Gasteiger partial charge is 0.279 e. The Kier molecular flexibility index (Phi) is 3.27. The van der Waals surface area contributed by atoms with E-state index in [-0.39, 0.29) is 0 Å². The van der Waals surface area contributed by atoms with Crippen LogP contribution < -0.4 is 5.43 Å². The number of hydrazone groups is 1. The molecule has 0 unspecified atom stereocenters. The molecule has 1 N–H and O–H groups in total. The number of hydrogen-bond acceptors (Lipinski definition) is 2. The third kappa shape index (κ3) is 2.72. The highest BCUT2D eigenvalue weighted by Crippen LogP contribution is 2.20. The van der Waals surface area contributed by atoms with E-state index < -0.39 is 0 Å². The zero-order valence-corrected chi connectivity index (χ0v) is 9.64. The van der Waals surface area contributed by atoms with Gasteiger partial charge in [0.25, 0.3) is 0 Å². The highest BCUT2D eigenvalue weighted by atomic mass is 35.5. The van der Waals surface area contributed by atoms with E-state index in [4.69, 9.17) is 11.6 Å². The van der Waals surface area contributed by atoms with Crippen LogP contribution in [0.2, 0.25) is 5.02 Å². The first-order valence-corrected chi connectivity index (χ1v) is 5.71. The van der Waals surface area contributed by atoms with Gasteiger partial charge in [0.05, 0.1) is 5.69 Å². The van der Waals surface area contributed by atoms with Crippen LogP contribution >= 0.6 is 11.6 Å². The summed E-state index contributed by atoms with van der Waals surface area (Å²) in [5, 5.41) is 5.16. The maximum absolute atomic E-state index is 6.02. The predicted molar refractivity (Wildman–Crippen MR) is 65.7 cm³/mol. The van der Waals surface area contributed by atoms with Crippen LogP contribution in [-0.4, -0.2) is 5.71 Å². The second-order valence-electron chi connectivity index (χ2n) is 3.96. The molecule has 0 saturated heterocycles. The van der Waals surface area contributed by atoms with Crippen molar-refractivity contribution in [3.63, 3.8) is 0 Å². The molecule has 0 aliphatic heterocycles. The third-order valence-electron chi connectivity index (χ3n) is 2.70. The lowest BCUT2D eigenvalue weighted by Gasteiger charge is -2.04. The van der Waals surface area contributed by atoms with Gasteiger partial charge in [0.1, 0.15) is 0 Å². The SMILES string of the molecule is Cc1ccc(NN=C2CCCC2)cc1Cl. The van der Waals surface area contributed by atoms with Crippen molar-refractivity contribution in [3.05, 3.63) is 28.8 Å². The molecule has 1 aromatic carbocycles. The van der Waals surface area contributed by atoms with Crippen molar-refractivity contribution >= 4 is 23.0 Å². The molecule has 3 heteroatoms. The molecule has 2 rings (SSSR count). The van der Waals surface area contributed by atoms with Gasteiger partial charge >= 0.3 is 0 Å². The topological polar surface area (TPSA) is 24.4 Å². The Bertz CT molecular complexity index is 377. The van der Waals surface area contributed by atoms with Gasteiger partial charge in [-0.3, -0.25) is 5.43 Å². The van der Waals surface area contributed by atoms with E-state index in [1.165, 1.54) is 18.6 Å². The first-order chi connectivity index (χ1) is 7.25. The lowest BCUT2D eigenvalue weighted by molar-refractivity contribution is 0.886. The van der Waals surface area contributed by atoms with Crippen LogP contribution in [0.5, 0.6) is 0 Å². The summed E-state index contributed by atoms with van der Waals surface area (Å²) in [7, 11) is 0. The third-order valence-corrected chi connectivity index (χ3v) is 3.10. The minimum absolute atomic E-state index is 0.784. The molecule has 0 heterocycles. The molecule has 1 aliphatic carbocycles. The molecule has 15 heavy (non-hydrogen) atoms. The van der Waals surface area contributed by atoms with Crippen molar-refractivity contribution in [2.45, 2.75) is 32.6 Å². The van der Waals surface area contributed by atoms with Crippen LogP contribution in [0, 0.1) is 6.92 Å². The van der Waals surface area contributed by atoms with Crippen LogP contribution in [0.25, 0.3) is 0 Å². The Hall–Kier alpha value is -1.02. The first-order valence-electron chi connectivity index (χ1n) is 5.33. The van der Waals surface area contributed by atoms with E-state index in [2.05, 4.69) is 10.5 Å². The summed E-state index contributed by atoms with van der Waals surface area (Å²) >= 11 is 6.02. The number of nitrogens with zero attached hydrogens (tertiary/aromatic N) is 1. The molecule has 1 saturated carbocycles. The Balaban J connectivity index is 2.04. The quantitative estimate of drug-likeness (QED) is 0.752. The highest BCUT2D eigenvalue weighted by Gasteiger charge is 2.07. The molecule has 0 atom stereocenters. The number of aryl methyl sites for hydroxylation is 1. The lowest BCUT2D eigenvalue weighted by atomic mass is 10.2. The van der Waals surface area contributed by atoms with Crippen LogP contribution in [0.1, 0.15) is 31.2 Å². The Morgan fingerprint density at radius 3 is 2.67 bits per heavy atom. The van der Waals surface area contributed by atoms with E-state index in [0.29, 0.717) is 0 Å². The zero-order valence-electron chi connectivity index (χ0n) is 8.89. The van der Waals surface area contributed by atoms with Gasteiger partial charge in [-0.25, -0.2) is 0 Å². The zero-order chi connectivity index (χ0) is 10.7. The molecule has 1 fully saturated rings. The summed E-state index contributed by atoms with van der Waals surface area (Å²) in [5.74, 6) is 0. The average molecular weight is 223 g/mol. The smallest absolute Gasteiger partial charge is 0.0576 e. The summed E-state index contributed by atoms with van der Waals surface area (Å²) in [6.45, 7) is 2.00. The van der Waals surface area contributed by atoms with Gasteiger partial charge in [-0.05, 0) is 50.3 Å². The fourth-order valence-electron chi connectivity index (χ4n) is 1.70. The van der Waals surface area contributed by atoms with E-state index in [1.54, 1.807) is 0 Å². The molecule has 1 aliphatic rings. The van der Waals surface area contributed by atoms with Gasteiger partial charge in [0, 0.05) is 10.7 Å². The fourth-order valence-corrected chi connectivity index (χ4v) is 1.88. The Morgan fingerprint density at radius 2 is 2.00 bits per heavy atom. The number of anilines is 1. The van der Waals surface area contributed by atoms with Crippen molar-refractivity contribution < 1.29 is 0 Å². The maximum Gasteiger partial charge on any atom is 0.0576 e. The second kappa shape index (κ2) is 4.67. The number of benzene rings is 1. The molecule has 80 valence electrons. The molecule has 1 aromatic rings. The van der Waals surface area contributed by atoms with E-state index in [1.807, 2.05) is 25.1 Å². The summed E-state index contributed by atoms with van der Waals surface area (Å²) < 4.78 is 0. The molecular formula is C12H15ClN2. The van der Waals surface area contributed by atoms with Gasteiger partial charge in [0.2, 0.25) is 0 Å². The van der Waals surface area contributed by atoms with Crippen molar-refractivity contribution in [2.75, 3.05) is 5.43 Å². The minimum Gasteiger partial charge on any atom is -0.279 e. The van der Waals surface area contributed by atoms with Crippen LogP contribution in [0.15, 0.2) is 23.3 Å². The van der Waals surface area contributed by atoms with E-state index in [9.17, 15) is 0 Å². The van der Waals surface area contributed by atoms with Crippen molar-refractivity contribution in [2.24, 2.45) is 5.10 Å². The molecule has 2 nitrogen and oxygen atoms in total. The molecule has 0 spiro atoms. The van der Waals surface area contributed by atoms with E-state index >= 15 is 0 Å². The number of rotatable bonds is 2. The fraction of sp³-hybridized carbons (Fsp3) is 0.417. The molecule has 0 amide bonds. The summed E-state index contributed by atoms with van der Waals surface area (Å²) in [6.07, 6.45) is 4.81.